The maximum atomic E-state index is 11.7. The van der Waals surface area contributed by atoms with Gasteiger partial charge in [0.1, 0.15) is 5.60 Å². The Bertz CT molecular complexity index is 273. The minimum absolute atomic E-state index is 0.0800. The summed E-state index contributed by atoms with van der Waals surface area (Å²) in [5.74, 6) is 0. The Kier molecular flexibility index (Phi) is 7.72. The number of amides is 1. The predicted molar refractivity (Wildman–Crippen MR) is 76.7 cm³/mol. The first-order chi connectivity index (χ1) is 8.24. The highest BCUT2D eigenvalue weighted by molar-refractivity contribution is 5.68. The number of carbonyl (C=O) groups is 1. The van der Waals surface area contributed by atoms with Crippen molar-refractivity contribution in [1.29, 1.82) is 0 Å². The van der Waals surface area contributed by atoms with E-state index in [1.54, 1.807) is 0 Å². The second-order valence-corrected chi connectivity index (χ2v) is 5.99. The van der Waals surface area contributed by atoms with E-state index >= 15 is 0 Å². The Morgan fingerprint density at radius 1 is 1.28 bits per heavy atom. The van der Waals surface area contributed by atoms with Gasteiger partial charge in [-0.3, -0.25) is 0 Å². The van der Waals surface area contributed by atoms with Crippen LogP contribution in [0.15, 0.2) is 11.6 Å². The third-order valence-corrected chi connectivity index (χ3v) is 2.36. The third-order valence-electron chi connectivity index (χ3n) is 2.36. The van der Waals surface area contributed by atoms with Gasteiger partial charge < -0.3 is 10.1 Å². The molecule has 106 valence electrons. The zero-order valence-electron chi connectivity index (χ0n) is 12.8. The van der Waals surface area contributed by atoms with Crippen molar-refractivity contribution in [2.24, 2.45) is 0 Å². The fraction of sp³-hybridized carbons (Fsp3) is 0.800. The monoisotopic (exact) mass is 255 g/mol. The highest BCUT2D eigenvalue weighted by Crippen LogP contribution is 2.10. The van der Waals surface area contributed by atoms with Gasteiger partial charge in [0, 0.05) is 0 Å². The number of hydrogen-bond donors (Lipinski definition) is 1. The van der Waals surface area contributed by atoms with Crippen molar-refractivity contribution in [3.63, 3.8) is 0 Å². The molecule has 0 radical (unpaired) electrons. The molecule has 0 heterocycles. The van der Waals surface area contributed by atoms with Gasteiger partial charge in [-0.2, -0.15) is 0 Å². The van der Waals surface area contributed by atoms with Gasteiger partial charge >= 0.3 is 6.09 Å². The topological polar surface area (TPSA) is 38.3 Å². The Morgan fingerprint density at radius 2 is 1.89 bits per heavy atom. The Labute approximate surface area is 112 Å². The summed E-state index contributed by atoms with van der Waals surface area (Å²) in [6, 6.07) is 0.0800. The van der Waals surface area contributed by atoms with Gasteiger partial charge in [0.15, 0.2) is 0 Å². The van der Waals surface area contributed by atoms with Crippen LogP contribution < -0.4 is 5.32 Å². The molecule has 0 aliphatic carbocycles. The van der Waals surface area contributed by atoms with Gasteiger partial charge in [-0.05, 0) is 41.0 Å². The van der Waals surface area contributed by atoms with E-state index in [2.05, 4.69) is 18.3 Å². The van der Waals surface area contributed by atoms with Crippen molar-refractivity contribution in [3.05, 3.63) is 11.6 Å². The van der Waals surface area contributed by atoms with E-state index in [4.69, 9.17) is 4.74 Å². The molecule has 3 heteroatoms. The molecule has 1 unspecified atom stereocenters. The summed E-state index contributed by atoms with van der Waals surface area (Å²) in [4.78, 5) is 11.7. The average molecular weight is 255 g/mol. The van der Waals surface area contributed by atoms with Gasteiger partial charge in [-0.25, -0.2) is 4.79 Å². The fourth-order valence-electron chi connectivity index (χ4n) is 1.67. The Balaban J connectivity index is 4.31. The maximum Gasteiger partial charge on any atom is 0.408 e. The van der Waals surface area contributed by atoms with Crippen molar-refractivity contribution < 1.29 is 9.53 Å². The normalized spacial score (nSPS) is 12.8. The minimum atomic E-state index is -0.441. The summed E-state index contributed by atoms with van der Waals surface area (Å²) in [5, 5.41) is 2.93. The van der Waals surface area contributed by atoms with Crippen LogP contribution in [0.25, 0.3) is 0 Å². The standard InChI is InChI=1S/C15H29NO2/c1-7-8-9-10-13(11-12(2)3)16-14(17)18-15(4,5)6/h11,13H,7-10H2,1-6H3,(H,16,17). The lowest BCUT2D eigenvalue weighted by atomic mass is 10.1. The number of nitrogens with one attached hydrogen (secondary N) is 1. The third kappa shape index (κ3) is 10.2. The number of alkyl carbamates (subject to hydrolysis) is 1. The average Bonchev–Trinajstić information content (AvgIpc) is 2.13. The van der Waals surface area contributed by atoms with Crippen LogP contribution in [0.1, 0.15) is 67.2 Å². The highest BCUT2D eigenvalue weighted by Gasteiger charge is 2.18. The second kappa shape index (κ2) is 8.17. The largest absolute Gasteiger partial charge is 0.444 e. The summed E-state index contributed by atoms with van der Waals surface area (Å²) >= 11 is 0. The van der Waals surface area contributed by atoms with Crippen LogP contribution in [0.5, 0.6) is 0 Å². The van der Waals surface area contributed by atoms with E-state index in [1.807, 2.05) is 34.6 Å². The minimum Gasteiger partial charge on any atom is -0.444 e. The lowest BCUT2D eigenvalue weighted by molar-refractivity contribution is 0.0512. The zero-order chi connectivity index (χ0) is 14.2. The van der Waals surface area contributed by atoms with Gasteiger partial charge in [-0.15, -0.1) is 0 Å². The molecule has 1 N–H and O–H groups in total. The number of carbonyl (C=O) groups excluding carboxylic acids is 1. The molecule has 0 aliphatic heterocycles. The molecule has 0 aromatic rings. The van der Waals surface area contributed by atoms with Crippen molar-refractivity contribution in [1.82, 2.24) is 5.32 Å². The molecule has 0 saturated carbocycles. The van der Waals surface area contributed by atoms with Gasteiger partial charge in [-0.1, -0.05) is 37.8 Å². The fourth-order valence-corrected chi connectivity index (χ4v) is 1.67. The van der Waals surface area contributed by atoms with Crippen molar-refractivity contribution in [2.75, 3.05) is 0 Å². The first kappa shape index (κ1) is 17.0. The summed E-state index contributed by atoms with van der Waals surface area (Å²) in [6.45, 7) is 11.9. The Hall–Kier alpha value is -0.990. The molecule has 0 aromatic carbocycles. The van der Waals surface area contributed by atoms with E-state index in [0.29, 0.717) is 0 Å². The first-order valence-electron chi connectivity index (χ1n) is 6.89. The van der Waals surface area contributed by atoms with Crippen LogP contribution in [-0.2, 0) is 4.74 Å². The quantitative estimate of drug-likeness (QED) is 0.563. The predicted octanol–water partition coefficient (Wildman–Crippen LogP) is 4.43. The van der Waals surface area contributed by atoms with Crippen LogP contribution in [0.2, 0.25) is 0 Å². The first-order valence-corrected chi connectivity index (χ1v) is 6.89. The smallest absolute Gasteiger partial charge is 0.408 e. The van der Waals surface area contributed by atoms with E-state index in [1.165, 1.54) is 18.4 Å². The molecule has 0 aliphatic rings. The summed E-state index contributed by atoms with van der Waals surface area (Å²) in [5.41, 5.74) is 0.774. The lowest BCUT2D eigenvalue weighted by Gasteiger charge is -2.22. The van der Waals surface area contributed by atoms with E-state index in [9.17, 15) is 4.79 Å². The molecule has 3 nitrogen and oxygen atoms in total. The zero-order valence-corrected chi connectivity index (χ0v) is 12.8. The van der Waals surface area contributed by atoms with Crippen LogP contribution in [0.3, 0.4) is 0 Å². The van der Waals surface area contributed by atoms with E-state index in [0.717, 1.165) is 12.8 Å². The summed E-state index contributed by atoms with van der Waals surface area (Å²) < 4.78 is 5.28. The molecule has 1 amide bonds. The van der Waals surface area contributed by atoms with Crippen LogP contribution >= 0.6 is 0 Å². The molecule has 18 heavy (non-hydrogen) atoms. The molecule has 0 fully saturated rings. The Morgan fingerprint density at radius 3 is 2.33 bits per heavy atom. The van der Waals surface area contributed by atoms with Gasteiger partial charge in [0.05, 0.1) is 6.04 Å². The molecule has 0 aromatic heterocycles. The van der Waals surface area contributed by atoms with Crippen molar-refractivity contribution in [2.45, 2.75) is 78.9 Å². The molecular formula is C15H29NO2. The summed E-state index contributed by atoms with van der Waals surface area (Å²) in [6.07, 6.45) is 6.25. The van der Waals surface area contributed by atoms with E-state index < -0.39 is 5.60 Å². The molecule has 0 saturated heterocycles. The number of hydrogen-bond acceptors (Lipinski definition) is 2. The number of allylic oxidation sites excluding steroid dienone is 1. The van der Waals surface area contributed by atoms with Gasteiger partial charge in [0.25, 0.3) is 0 Å². The SMILES string of the molecule is CCCCCC(C=C(C)C)NC(=O)OC(C)(C)C. The molecular weight excluding hydrogens is 226 g/mol. The van der Waals surface area contributed by atoms with E-state index in [-0.39, 0.29) is 12.1 Å². The highest BCUT2D eigenvalue weighted by atomic mass is 16.6. The number of ether oxygens (including phenoxy) is 1. The van der Waals surface area contributed by atoms with Crippen molar-refractivity contribution >= 4 is 6.09 Å². The second-order valence-electron chi connectivity index (χ2n) is 5.99. The van der Waals surface area contributed by atoms with Gasteiger partial charge in [0.2, 0.25) is 0 Å². The molecule has 0 bridgehead atoms. The van der Waals surface area contributed by atoms with Crippen molar-refractivity contribution in [3.8, 4) is 0 Å². The van der Waals surface area contributed by atoms with Crippen LogP contribution in [0, 0.1) is 0 Å². The van der Waals surface area contributed by atoms with Crippen LogP contribution in [0.4, 0.5) is 4.79 Å². The summed E-state index contributed by atoms with van der Waals surface area (Å²) in [7, 11) is 0. The maximum absolute atomic E-state index is 11.7. The van der Waals surface area contributed by atoms with Crippen LogP contribution in [-0.4, -0.2) is 17.7 Å². The number of rotatable bonds is 6. The molecule has 0 spiro atoms. The number of unbranched alkanes of at least 4 members (excludes halogenated alkanes) is 2. The molecule has 0 rings (SSSR count). The molecule has 1 atom stereocenters. The lowest BCUT2D eigenvalue weighted by Crippen LogP contribution is -2.38.